The van der Waals surface area contributed by atoms with Gasteiger partial charge in [0.1, 0.15) is 5.82 Å². The molecule has 1 heterocycles. The second-order valence-electron chi connectivity index (χ2n) is 6.16. The Morgan fingerprint density at radius 2 is 1.54 bits per heavy atom. The van der Waals surface area contributed by atoms with E-state index in [9.17, 15) is 4.79 Å². The maximum Gasteiger partial charge on any atom is 0.228 e. The number of hydrogen-bond donors (Lipinski definition) is 2. The molecule has 0 aliphatic rings. The van der Waals surface area contributed by atoms with Gasteiger partial charge in [0.25, 0.3) is 0 Å². The van der Waals surface area contributed by atoms with Gasteiger partial charge in [0, 0.05) is 6.54 Å². The van der Waals surface area contributed by atoms with Crippen LogP contribution in [-0.4, -0.2) is 17.4 Å². The lowest BCUT2D eigenvalue weighted by molar-refractivity contribution is -0.115. The van der Waals surface area contributed by atoms with Crippen molar-refractivity contribution < 1.29 is 4.79 Å². The second-order valence-corrected chi connectivity index (χ2v) is 6.16. The molecule has 0 saturated carbocycles. The van der Waals surface area contributed by atoms with Crippen LogP contribution in [-0.2, 0) is 17.6 Å². The van der Waals surface area contributed by atoms with Gasteiger partial charge in [-0.3, -0.25) is 4.79 Å². The van der Waals surface area contributed by atoms with E-state index < -0.39 is 0 Å². The lowest BCUT2D eigenvalue weighted by Crippen LogP contribution is -2.14. The van der Waals surface area contributed by atoms with Crippen molar-refractivity contribution in [2.45, 2.75) is 19.3 Å². The Hall–Kier alpha value is -3.14. The molecular weight excluding hydrogens is 322 g/mol. The van der Waals surface area contributed by atoms with Gasteiger partial charge >= 0.3 is 0 Å². The molecule has 4 nitrogen and oxygen atoms in total. The monoisotopic (exact) mass is 345 g/mol. The number of anilines is 2. The molecule has 0 fully saturated rings. The van der Waals surface area contributed by atoms with E-state index in [4.69, 9.17) is 0 Å². The summed E-state index contributed by atoms with van der Waals surface area (Å²) in [6.07, 6.45) is 4.13. The van der Waals surface area contributed by atoms with Gasteiger partial charge < -0.3 is 10.6 Å². The summed E-state index contributed by atoms with van der Waals surface area (Å²) < 4.78 is 0. The highest BCUT2D eigenvalue weighted by atomic mass is 16.1. The van der Waals surface area contributed by atoms with E-state index in [0.29, 0.717) is 12.1 Å². The summed E-state index contributed by atoms with van der Waals surface area (Å²) >= 11 is 0. The fourth-order valence-corrected chi connectivity index (χ4v) is 2.71. The number of carbonyl (C=O) groups excluding carboxylic acids is 1. The summed E-state index contributed by atoms with van der Waals surface area (Å²) in [4.78, 5) is 16.4. The molecule has 0 radical (unpaired) electrons. The van der Waals surface area contributed by atoms with Crippen LogP contribution in [0, 0.1) is 0 Å². The van der Waals surface area contributed by atoms with Crippen LogP contribution in [0.25, 0.3) is 0 Å². The topological polar surface area (TPSA) is 54.0 Å². The molecule has 0 unspecified atom stereocenters. The van der Waals surface area contributed by atoms with Crippen LogP contribution in [0.1, 0.15) is 17.5 Å². The number of aryl methyl sites for hydroxylation is 1. The van der Waals surface area contributed by atoms with Crippen molar-refractivity contribution in [2.24, 2.45) is 0 Å². The van der Waals surface area contributed by atoms with Crippen LogP contribution in [0.5, 0.6) is 0 Å². The standard InChI is InChI=1S/C22H23N3O/c26-22(16-19-10-5-2-6-11-19)25-20-13-14-21(24-17-20)23-15-7-12-18-8-3-1-4-9-18/h1-6,8-11,13-14,17H,7,12,15-16H2,(H,23,24)(H,25,26). The predicted molar refractivity (Wildman–Crippen MR) is 106 cm³/mol. The molecule has 0 bridgehead atoms. The third-order valence-electron chi connectivity index (χ3n) is 4.05. The fourth-order valence-electron chi connectivity index (χ4n) is 2.71. The van der Waals surface area contributed by atoms with E-state index in [1.54, 1.807) is 6.20 Å². The lowest BCUT2D eigenvalue weighted by atomic mass is 10.1. The van der Waals surface area contributed by atoms with Gasteiger partial charge in [-0.15, -0.1) is 0 Å². The highest BCUT2D eigenvalue weighted by Gasteiger charge is 2.04. The van der Waals surface area contributed by atoms with Gasteiger partial charge in [-0.25, -0.2) is 4.98 Å². The van der Waals surface area contributed by atoms with Crippen LogP contribution in [0.15, 0.2) is 79.0 Å². The Labute approximate surface area is 154 Å². The predicted octanol–water partition coefficient (Wildman–Crippen LogP) is 4.31. The quantitative estimate of drug-likeness (QED) is 0.598. The van der Waals surface area contributed by atoms with E-state index >= 15 is 0 Å². The fraction of sp³-hybridized carbons (Fsp3) is 0.182. The maximum absolute atomic E-state index is 12.1. The third-order valence-corrected chi connectivity index (χ3v) is 4.05. The molecule has 0 spiro atoms. The van der Waals surface area contributed by atoms with E-state index in [1.807, 2.05) is 48.5 Å². The Balaban J connectivity index is 1.41. The minimum atomic E-state index is -0.0402. The molecule has 0 atom stereocenters. The zero-order chi connectivity index (χ0) is 18.0. The Kier molecular flexibility index (Phi) is 6.37. The van der Waals surface area contributed by atoms with E-state index in [2.05, 4.69) is 39.9 Å². The highest BCUT2D eigenvalue weighted by Crippen LogP contribution is 2.11. The summed E-state index contributed by atoms with van der Waals surface area (Å²) in [6.45, 7) is 0.863. The van der Waals surface area contributed by atoms with E-state index in [-0.39, 0.29) is 5.91 Å². The Bertz CT molecular complexity index is 802. The van der Waals surface area contributed by atoms with Crippen molar-refractivity contribution in [1.29, 1.82) is 0 Å². The molecule has 0 aliphatic heterocycles. The Morgan fingerprint density at radius 1 is 0.846 bits per heavy atom. The molecule has 1 aromatic heterocycles. The largest absolute Gasteiger partial charge is 0.370 e. The number of carbonyl (C=O) groups is 1. The summed E-state index contributed by atoms with van der Waals surface area (Å²) in [7, 11) is 0. The smallest absolute Gasteiger partial charge is 0.228 e. The number of aromatic nitrogens is 1. The minimum Gasteiger partial charge on any atom is -0.370 e. The Morgan fingerprint density at radius 3 is 2.19 bits per heavy atom. The first-order valence-corrected chi connectivity index (χ1v) is 8.87. The zero-order valence-electron chi connectivity index (χ0n) is 14.7. The normalized spacial score (nSPS) is 10.3. The molecule has 4 heteroatoms. The lowest BCUT2D eigenvalue weighted by Gasteiger charge is -2.08. The van der Waals surface area contributed by atoms with Crippen molar-refractivity contribution in [3.8, 4) is 0 Å². The number of hydrogen-bond acceptors (Lipinski definition) is 3. The molecule has 1 amide bonds. The van der Waals surface area contributed by atoms with Crippen LogP contribution in [0.3, 0.4) is 0 Å². The van der Waals surface area contributed by atoms with Gasteiger partial charge in [0.15, 0.2) is 0 Å². The van der Waals surface area contributed by atoms with Crippen molar-refractivity contribution in [3.63, 3.8) is 0 Å². The number of nitrogens with zero attached hydrogens (tertiary/aromatic N) is 1. The first-order chi connectivity index (χ1) is 12.8. The van der Waals surface area contributed by atoms with Crippen LogP contribution in [0.4, 0.5) is 11.5 Å². The molecule has 26 heavy (non-hydrogen) atoms. The van der Waals surface area contributed by atoms with Gasteiger partial charge in [-0.05, 0) is 36.1 Å². The molecule has 3 aromatic rings. The van der Waals surface area contributed by atoms with E-state index in [1.165, 1.54) is 5.56 Å². The van der Waals surface area contributed by atoms with Crippen molar-refractivity contribution in [1.82, 2.24) is 4.98 Å². The first-order valence-electron chi connectivity index (χ1n) is 8.87. The molecule has 2 aromatic carbocycles. The maximum atomic E-state index is 12.1. The zero-order valence-corrected chi connectivity index (χ0v) is 14.7. The average Bonchev–Trinajstić information content (AvgIpc) is 2.68. The van der Waals surface area contributed by atoms with Crippen LogP contribution < -0.4 is 10.6 Å². The van der Waals surface area contributed by atoms with Crippen molar-refractivity contribution in [3.05, 3.63) is 90.1 Å². The molecule has 0 aliphatic carbocycles. The molecule has 2 N–H and O–H groups in total. The van der Waals surface area contributed by atoms with Crippen LogP contribution in [0.2, 0.25) is 0 Å². The summed E-state index contributed by atoms with van der Waals surface area (Å²) in [5.74, 6) is 0.778. The number of benzene rings is 2. The molecule has 0 saturated heterocycles. The molecular formula is C22H23N3O. The first kappa shape index (κ1) is 17.7. The van der Waals surface area contributed by atoms with Crippen LogP contribution >= 0.6 is 0 Å². The van der Waals surface area contributed by atoms with E-state index in [0.717, 1.165) is 30.8 Å². The number of nitrogens with one attached hydrogen (secondary N) is 2. The summed E-state index contributed by atoms with van der Waals surface area (Å²) in [6, 6.07) is 23.9. The summed E-state index contributed by atoms with van der Waals surface area (Å²) in [5.41, 5.74) is 3.05. The number of amides is 1. The second kappa shape index (κ2) is 9.37. The van der Waals surface area contributed by atoms with Gasteiger partial charge in [-0.1, -0.05) is 60.7 Å². The SMILES string of the molecule is O=C(Cc1ccccc1)Nc1ccc(NCCCc2ccccc2)nc1. The average molecular weight is 345 g/mol. The van der Waals surface area contributed by atoms with Crippen molar-refractivity contribution in [2.75, 3.05) is 17.2 Å². The number of pyridine rings is 1. The molecule has 3 rings (SSSR count). The summed E-state index contributed by atoms with van der Waals surface area (Å²) in [5, 5.41) is 6.19. The van der Waals surface area contributed by atoms with Gasteiger partial charge in [0.05, 0.1) is 18.3 Å². The molecule has 132 valence electrons. The van der Waals surface area contributed by atoms with Crippen molar-refractivity contribution >= 4 is 17.4 Å². The van der Waals surface area contributed by atoms with Gasteiger partial charge in [-0.2, -0.15) is 0 Å². The van der Waals surface area contributed by atoms with Gasteiger partial charge in [0.2, 0.25) is 5.91 Å². The minimum absolute atomic E-state index is 0.0402. The third kappa shape index (κ3) is 5.74. The highest BCUT2D eigenvalue weighted by molar-refractivity contribution is 5.92. The number of rotatable bonds is 8.